The summed E-state index contributed by atoms with van der Waals surface area (Å²) >= 11 is 6.55. The van der Waals surface area contributed by atoms with E-state index in [1.54, 1.807) is 0 Å². The molecule has 0 amide bonds. The Kier molecular flexibility index (Phi) is 10.4. The molecule has 1 aromatic carbocycles. The number of rotatable bonds is 9. The van der Waals surface area contributed by atoms with Crippen molar-refractivity contribution >= 4 is 50.3 Å². The van der Waals surface area contributed by atoms with Crippen LogP contribution in [0.2, 0.25) is 4.34 Å². The zero-order valence-electron chi connectivity index (χ0n) is 21.0. The van der Waals surface area contributed by atoms with Gasteiger partial charge in [-0.3, -0.25) is 0 Å². The Hall–Kier alpha value is -3.42. The number of aliphatic hydroxyl groups excluding tert-OH is 2. The molecule has 0 fully saturated rings. The van der Waals surface area contributed by atoms with Gasteiger partial charge in [-0.15, -0.1) is 11.3 Å². The van der Waals surface area contributed by atoms with E-state index >= 15 is 0 Å². The van der Waals surface area contributed by atoms with Gasteiger partial charge in [0.2, 0.25) is 0 Å². The summed E-state index contributed by atoms with van der Waals surface area (Å²) in [4.78, 5) is 15.1. The van der Waals surface area contributed by atoms with Crippen LogP contribution in [-0.2, 0) is 16.2 Å². The summed E-state index contributed by atoms with van der Waals surface area (Å²) in [6, 6.07) is 5.96. The molecule has 228 valence electrons. The van der Waals surface area contributed by atoms with Gasteiger partial charge in [0.15, 0.2) is 5.65 Å². The number of benzene rings is 1. The Balaban J connectivity index is 0.000000250. The van der Waals surface area contributed by atoms with E-state index in [0.717, 1.165) is 52.2 Å². The van der Waals surface area contributed by atoms with E-state index in [1.807, 2.05) is 0 Å². The molecule has 0 bridgehead atoms. The van der Waals surface area contributed by atoms with Gasteiger partial charge in [0.25, 0.3) is 16.4 Å². The lowest BCUT2D eigenvalue weighted by molar-refractivity contribution is -0.137. The summed E-state index contributed by atoms with van der Waals surface area (Å²) < 4.78 is 90.3. The maximum absolute atomic E-state index is 13.2. The van der Waals surface area contributed by atoms with Gasteiger partial charge in [0.1, 0.15) is 19.8 Å². The highest BCUT2D eigenvalue weighted by Gasteiger charge is 2.30. The minimum absolute atomic E-state index is 0.00176. The molecule has 0 atom stereocenters. The van der Waals surface area contributed by atoms with Crippen LogP contribution >= 0.6 is 22.9 Å². The first kappa shape index (κ1) is 33.1. The van der Waals surface area contributed by atoms with Crippen LogP contribution in [0, 0.1) is 0 Å². The van der Waals surface area contributed by atoms with Crippen molar-refractivity contribution in [3.05, 3.63) is 63.8 Å². The lowest BCUT2D eigenvalue weighted by Gasteiger charge is -2.18. The first-order valence-electron chi connectivity index (χ1n) is 11.5. The van der Waals surface area contributed by atoms with Crippen molar-refractivity contribution in [1.82, 2.24) is 18.9 Å². The minimum atomic E-state index is -4.54. The van der Waals surface area contributed by atoms with Gasteiger partial charge >= 0.3 is 12.1 Å². The number of halogens is 6. The van der Waals surface area contributed by atoms with Crippen molar-refractivity contribution in [2.24, 2.45) is 0 Å². The smallest absolute Gasteiger partial charge is 0.416 e. The molecule has 0 radical (unpaired) electrons. The number of nitrogens with two attached hydrogens (primary N) is 1. The van der Waals surface area contributed by atoms with Crippen LogP contribution in [-0.4, -0.2) is 74.9 Å². The molecule has 3 aromatic heterocycles. The summed E-state index contributed by atoms with van der Waals surface area (Å²) in [5, 5.41) is 30.3. The van der Waals surface area contributed by atoms with Crippen LogP contribution in [0.25, 0.3) is 16.9 Å². The van der Waals surface area contributed by atoms with Crippen LogP contribution in [0.5, 0.6) is 0 Å². The molecule has 0 spiro atoms. The molecule has 4 rings (SSSR count). The molecule has 5 N–H and O–H groups in total. The number of fused-ring (bicyclic) bond motifs is 1. The number of aromatic carboxylic acids is 1. The molecule has 19 heteroatoms. The topological polar surface area (TPSA) is 171 Å². The quantitative estimate of drug-likeness (QED) is 0.194. The number of carboxylic acids is 1. The van der Waals surface area contributed by atoms with Gasteiger partial charge in [-0.25, -0.2) is 31.5 Å². The fraction of sp³-hybridized carbons (Fsp3) is 0.261. The molecule has 0 aliphatic carbocycles. The molecule has 0 unspecified atom stereocenters. The van der Waals surface area contributed by atoms with Crippen LogP contribution in [0.1, 0.15) is 28.0 Å². The number of carbonyl (C=O) groups is 1. The summed E-state index contributed by atoms with van der Waals surface area (Å²) in [5.41, 5.74) is 3.50. The van der Waals surface area contributed by atoms with Gasteiger partial charge in [-0.2, -0.15) is 22.6 Å². The van der Waals surface area contributed by atoms with E-state index in [0.29, 0.717) is 4.52 Å². The number of carboxylic acid groups (broad SMARTS) is 1. The summed E-state index contributed by atoms with van der Waals surface area (Å²) in [5.74, 6) is -1.41. The molecule has 0 aliphatic heterocycles. The van der Waals surface area contributed by atoms with Crippen LogP contribution in [0.3, 0.4) is 0 Å². The van der Waals surface area contributed by atoms with Crippen molar-refractivity contribution in [2.75, 3.05) is 32.0 Å². The molecule has 3 heterocycles. The summed E-state index contributed by atoms with van der Waals surface area (Å²) in [6.07, 6.45) is -6.64. The fourth-order valence-electron chi connectivity index (χ4n) is 3.46. The average molecular weight is 658 g/mol. The van der Waals surface area contributed by atoms with Crippen LogP contribution in [0.15, 0.2) is 46.8 Å². The number of anilines is 1. The number of sulfonamides is 1. The SMILES string of the molecule is Nc1cc(S(=O)(=O)N(CCO)CCO)sc1Cl.O=C(O)c1cnn2c(C(F)F)cc(-c3ccc(C(F)(F)F)cc3)nc12. The van der Waals surface area contributed by atoms with Gasteiger partial charge in [0, 0.05) is 18.7 Å². The lowest BCUT2D eigenvalue weighted by Crippen LogP contribution is -2.35. The normalized spacial score (nSPS) is 12.1. The highest BCUT2D eigenvalue weighted by molar-refractivity contribution is 7.91. The molecule has 0 aliphatic rings. The Morgan fingerprint density at radius 1 is 1.12 bits per heavy atom. The van der Waals surface area contributed by atoms with Gasteiger partial charge < -0.3 is 21.1 Å². The Bertz CT molecular complexity index is 1640. The third-order valence-electron chi connectivity index (χ3n) is 5.44. The zero-order valence-corrected chi connectivity index (χ0v) is 23.4. The van der Waals surface area contributed by atoms with E-state index in [1.165, 1.54) is 6.07 Å². The van der Waals surface area contributed by atoms with Crippen molar-refractivity contribution in [1.29, 1.82) is 0 Å². The monoisotopic (exact) mass is 657 g/mol. The molecule has 0 saturated heterocycles. The minimum Gasteiger partial charge on any atom is -0.477 e. The Morgan fingerprint density at radius 3 is 2.17 bits per heavy atom. The predicted molar refractivity (Wildman–Crippen MR) is 142 cm³/mol. The van der Waals surface area contributed by atoms with Crippen molar-refractivity contribution in [3.63, 3.8) is 0 Å². The third-order valence-corrected chi connectivity index (χ3v) is 9.18. The second-order valence-corrected chi connectivity index (χ2v) is 12.0. The fourth-order valence-corrected chi connectivity index (χ4v) is 6.60. The standard InChI is InChI=1S/C15H8F5N3O2.C8H13ClN2O4S2/c16-12(17)11-5-10(7-1-3-8(4-2-7)15(18,19)20)22-13-9(14(24)25)6-21-23(11)13;9-8-6(10)5-7(16-8)17(14,15)11(1-3-12)2-4-13/h1-6,12H,(H,24,25);5,12-13H,1-4,10H2. The molecule has 4 aromatic rings. The lowest BCUT2D eigenvalue weighted by atomic mass is 10.1. The van der Waals surface area contributed by atoms with Crippen LogP contribution in [0.4, 0.5) is 27.6 Å². The number of hydrogen-bond donors (Lipinski definition) is 4. The number of nitrogen functional groups attached to an aromatic ring is 1. The first-order chi connectivity index (χ1) is 19.6. The molecule has 11 nitrogen and oxygen atoms in total. The Labute approximate surface area is 243 Å². The van der Waals surface area contributed by atoms with Gasteiger partial charge in [-0.1, -0.05) is 23.7 Å². The molecule has 0 saturated carbocycles. The number of hydrogen-bond acceptors (Lipinski definition) is 9. The predicted octanol–water partition coefficient (Wildman–Crippen LogP) is 4.01. The second-order valence-electron chi connectivity index (χ2n) is 8.19. The number of nitrogens with zero attached hydrogens (tertiary/aromatic N) is 4. The molecule has 42 heavy (non-hydrogen) atoms. The largest absolute Gasteiger partial charge is 0.477 e. The van der Waals surface area contributed by atoms with E-state index in [4.69, 9.17) is 32.7 Å². The van der Waals surface area contributed by atoms with E-state index in [-0.39, 0.29) is 57.4 Å². The maximum Gasteiger partial charge on any atom is 0.416 e. The summed E-state index contributed by atoms with van der Waals surface area (Å²) in [7, 11) is -3.76. The first-order valence-corrected chi connectivity index (χ1v) is 14.1. The van der Waals surface area contributed by atoms with Gasteiger partial charge in [-0.05, 0) is 24.3 Å². The average Bonchev–Trinajstić information content (AvgIpc) is 3.51. The molecular formula is C23H21ClF5N5O6S2. The number of aliphatic hydroxyl groups is 2. The van der Waals surface area contributed by atoms with Crippen molar-refractivity contribution < 1.29 is 50.5 Å². The second kappa shape index (κ2) is 13.3. The Morgan fingerprint density at radius 2 is 1.71 bits per heavy atom. The highest BCUT2D eigenvalue weighted by atomic mass is 35.5. The van der Waals surface area contributed by atoms with Crippen molar-refractivity contribution in [2.45, 2.75) is 16.8 Å². The number of thiophene rings is 1. The zero-order chi connectivity index (χ0) is 31.4. The van der Waals surface area contributed by atoms with Crippen LogP contribution < -0.4 is 5.73 Å². The number of aromatic nitrogens is 3. The van der Waals surface area contributed by atoms with E-state index in [2.05, 4.69) is 10.1 Å². The third kappa shape index (κ3) is 7.31. The summed E-state index contributed by atoms with van der Waals surface area (Å²) in [6.45, 7) is -0.821. The highest BCUT2D eigenvalue weighted by Crippen LogP contribution is 2.34. The number of alkyl halides is 5. The van der Waals surface area contributed by atoms with E-state index in [9.17, 15) is 35.2 Å². The van der Waals surface area contributed by atoms with Gasteiger partial charge in [0.05, 0.1) is 36.4 Å². The maximum atomic E-state index is 13.2. The molecular weight excluding hydrogens is 637 g/mol. The van der Waals surface area contributed by atoms with Crippen molar-refractivity contribution in [3.8, 4) is 11.3 Å². The van der Waals surface area contributed by atoms with E-state index < -0.39 is 45.4 Å².